The molecule has 1 heterocycles. The number of carbonyl (C=O) groups excluding carboxylic acids is 2. The Morgan fingerprint density at radius 2 is 1.56 bits per heavy atom. The van der Waals surface area contributed by atoms with Crippen molar-refractivity contribution in [1.29, 1.82) is 0 Å². The number of rotatable bonds is 8. The molecule has 0 bridgehead atoms. The summed E-state index contributed by atoms with van der Waals surface area (Å²) >= 11 is 5.96. The van der Waals surface area contributed by atoms with E-state index in [9.17, 15) is 19.8 Å². The topological polar surface area (TPSA) is 102 Å². The molecule has 2 atom stereocenters. The smallest absolute Gasteiger partial charge is 0.254 e. The van der Waals surface area contributed by atoms with E-state index in [2.05, 4.69) is 10.2 Å². The molecule has 0 unspecified atom stereocenters. The van der Waals surface area contributed by atoms with Crippen LogP contribution in [-0.2, 0) is 16.1 Å². The lowest BCUT2D eigenvalue weighted by Crippen LogP contribution is -2.55. The zero-order chi connectivity index (χ0) is 25.5. The molecular weight excluding hydrogens is 482 g/mol. The van der Waals surface area contributed by atoms with E-state index >= 15 is 0 Å². The molecule has 9 heteroatoms. The van der Waals surface area contributed by atoms with Crippen molar-refractivity contribution in [3.63, 3.8) is 0 Å². The van der Waals surface area contributed by atoms with E-state index in [-0.39, 0.29) is 6.54 Å². The molecule has 36 heavy (non-hydrogen) atoms. The third kappa shape index (κ3) is 6.54. The largest absolute Gasteiger partial charge is 0.457 e. The fourth-order valence-electron chi connectivity index (χ4n) is 3.93. The van der Waals surface area contributed by atoms with Gasteiger partial charge in [-0.05, 0) is 48.0 Å². The average Bonchev–Trinajstić information content (AvgIpc) is 2.92. The first-order valence-corrected chi connectivity index (χ1v) is 12.0. The molecule has 4 rings (SSSR count). The van der Waals surface area contributed by atoms with Crippen LogP contribution in [0.2, 0.25) is 5.02 Å². The third-order valence-corrected chi connectivity index (χ3v) is 6.19. The first-order valence-electron chi connectivity index (χ1n) is 11.7. The number of carbonyl (C=O) groups is 2. The van der Waals surface area contributed by atoms with Crippen LogP contribution in [0.4, 0.5) is 5.69 Å². The second-order valence-electron chi connectivity index (χ2n) is 8.46. The van der Waals surface area contributed by atoms with E-state index in [1.807, 2.05) is 30.3 Å². The predicted molar refractivity (Wildman–Crippen MR) is 137 cm³/mol. The lowest BCUT2D eigenvalue weighted by molar-refractivity contribution is -0.153. The van der Waals surface area contributed by atoms with Gasteiger partial charge in [0.1, 0.15) is 11.5 Å². The summed E-state index contributed by atoms with van der Waals surface area (Å²) in [5.41, 5.74) is 1.82. The Hall–Kier alpha value is -3.59. The molecule has 0 aliphatic carbocycles. The molecule has 0 aromatic heterocycles. The van der Waals surface area contributed by atoms with Crippen molar-refractivity contribution < 1.29 is 24.5 Å². The summed E-state index contributed by atoms with van der Waals surface area (Å²) in [5.74, 6) is -0.279. The molecule has 188 valence electrons. The molecule has 1 fully saturated rings. The number of anilines is 1. The van der Waals surface area contributed by atoms with Crippen molar-refractivity contribution in [1.82, 2.24) is 10.2 Å². The lowest BCUT2D eigenvalue weighted by Gasteiger charge is -2.37. The lowest BCUT2D eigenvalue weighted by atomic mass is 10.1. The summed E-state index contributed by atoms with van der Waals surface area (Å²) in [4.78, 5) is 28.7. The molecule has 3 aromatic carbocycles. The Morgan fingerprint density at radius 3 is 2.22 bits per heavy atom. The molecule has 1 aliphatic rings. The van der Waals surface area contributed by atoms with Crippen LogP contribution in [-0.4, -0.2) is 65.3 Å². The number of benzene rings is 3. The maximum atomic E-state index is 12.7. The van der Waals surface area contributed by atoms with Gasteiger partial charge in [0.05, 0.1) is 0 Å². The number of piperazine rings is 1. The van der Waals surface area contributed by atoms with Gasteiger partial charge < -0.3 is 30.1 Å². The van der Waals surface area contributed by atoms with Gasteiger partial charge in [0.25, 0.3) is 11.8 Å². The van der Waals surface area contributed by atoms with Crippen LogP contribution in [0.5, 0.6) is 11.5 Å². The summed E-state index contributed by atoms with van der Waals surface area (Å²) < 4.78 is 5.74. The van der Waals surface area contributed by atoms with Gasteiger partial charge in [0.2, 0.25) is 0 Å². The molecule has 2 amide bonds. The summed E-state index contributed by atoms with van der Waals surface area (Å²) in [6.07, 6.45) is -3.70. The van der Waals surface area contributed by atoms with Crippen LogP contribution in [0.25, 0.3) is 0 Å². The maximum Gasteiger partial charge on any atom is 0.254 e. The number of nitrogens with one attached hydrogen (secondary N) is 1. The van der Waals surface area contributed by atoms with Crippen molar-refractivity contribution in [2.45, 2.75) is 18.8 Å². The van der Waals surface area contributed by atoms with Crippen molar-refractivity contribution >= 4 is 29.1 Å². The number of nitrogens with zero attached hydrogens (tertiary/aromatic N) is 2. The van der Waals surface area contributed by atoms with Crippen molar-refractivity contribution in [2.75, 3.05) is 31.1 Å². The molecule has 3 aromatic rings. The normalized spacial score (nSPS) is 15.2. The van der Waals surface area contributed by atoms with Gasteiger partial charge in [-0.2, -0.15) is 0 Å². The van der Waals surface area contributed by atoms with Crippen LogP contribution in [0.1, 0.15) is 5.56 Å². The van der Waals surface area contributed by atoms with Crippen LogP contribution < -0.4 is 15.0 Å². The zero-order valence-electron chi connectivity index (χ0n) is 19.6. The van der Waals surface area contributed by atoms with E-state index in [4.69, 9.17) is 16.3 Å². The third-order valence-electron chi connectivity index (χ3n) is 5.96. The van der Waals surface area contributed by atoms with E-state index in [1.165, 1.54) is 4.90 Å². The number of amides is 2. The number of hydrogen-bond donors (Lipinski definition) is 3. The van der Waals surface area contributed by atoms with Crippen molar-refractivity contribution in [2.24, 2.45) is 0 Å². The van der Waals surface area contributed by atoms with E-state index in [1.54, 1.807) is 48.5 Å². The fourth-order valence-corrected chi connectivity index (χ4v) is 4.11. The maximum absolute atomic E-state index is 12.7. The minimum atomic E-state index is -1.87. The predicted octanol–water partition coefficient (Wildman–Crippen LogP) is 2.82. The Balaban J connectivity index is 1.23. The van der Waals surface area contributed by atoms with Crippen LogP contribution in [0.3, 0.4) is 0 Å². The van der Waals surface area contributed by atoms with Gasteiger partial charge in [-0.15, -0.1) is 0 Å². The Kier molecular flexibility index (Phi) is 8.43. The first kappa shape index (κ1) is 25.5. The molecule has 1 saturated heterocycles. The minimum Gasteiger partial charge on any atom is -0.457 e. The van der Waals surface area contributed by atoms with Crippen molar-refractivity contribution in [3.05, 3.63) is 89.4 Å². The fraction of sp³-hybridized carbons (Fsp3) is 0.259. The van der Waals surface area contributed by atoms with Gasteiger partial charge in [0.15, 0.2) is 12.2 Å². The summed E-state index contributed by atoms with van der Waals surface area (Å²) in [6.45, 7) is 2.10. The highest BCUT2D eigenvalue weighted by atomic mass is 35.5. The van der Waals surface area contributed by atoms with E-state index in [0.717, 1.165) is 11.3 Å². The number of para-hydroxylation sites is 1. The second-order valence-corrected chi connectivity index (χ2v) is 8.90. The quantitative estimate of drug-likeness (QED) is 0.431. The Labute approximate surface area is 214 Å². The van der Waals surface area contributed by atoms with Gasteiger partial charge in [-0.25, -0.2) is 0 Å². The molecular formula is C27H28ClN3O5. The number of aliphatic hydroxyl groups excluding tert-OH is 2. The van der Waals surface area contributed by atoms with Gasteiger partial charge in [-0.3, -0.25) is 9.59 Å². The zero-order valence-corrected chi connectivity index (χ0v) is 20.3. The molecule has 1 aliphatic heterocycles. The molecule has 0 saturated carbocycles. The minimum absolute atomic E-state index is 0.115. The van der Waals surface area contributed by atoms with Crippen LogP contribution in [0.15, 0.2) is 78.9 Å². The van der Waals surface area contributed by atoms with E-state index in [0.29, 0.717) is 42.7 Å². The van der Waals surface area contributed by atoms with Gasteiger partial charge in [0, 0.05) is 43.4 Å². The number of ether oxygens (including phenoxy) is 1. The molecule has 0 radical (unpaired) electrons. The highest BCUT2D eigenvalue weighted by Gasteiger charge is 2.34. The highest BCUT2D eigenvalue weighted by molar-refractivity contribution is 6.30. The van der Waals surface area contributed by atoms with Gasteiger partial charge >= 0.3 is 0 Å². The van der Waals surface area contributed by atoms with Crippen molar-refractivity contribution in [3.8, 4) is 11.5 Å². The van der Waals surface area contributed by atoms with Crippen LogP contribution >= 0.6 is 11.6 Å². The summed E-state index contributed by atoms with van der Waals surface area (Å²) in [5, 5.41) is 23.7. The second kappa shape index (κ2) is 11.9. The summed E-state index contributed by atoms with van der Waals surface area (Å²) in [6, 6.07) is 23.9. The standard InChI is InChI=1S/C27H28ClN3O5/c28-20-5-4-8-23(17-20)36-22-11-9-19(10-12-22)18-29-26(34)24(32)25(33)27(35)31-15-13-30(14-16-31)21-6-2-1-3-7-21/h1-12,17,24-25,32-33H,13-16,18H2,(H,29,34)/t24-,25-/m1/s1. The monoisotopic (exact) mass is 509 g/mol. The van der Waals surface area contributed by atoms with E-state index < -0.39 is 24.0 Å². The highest BCUT2D eigenvalue weighted by Crippen LogP contribution is 2.24. The molecule has 3 N–H and O–H groups in total. The SMILES string of the molecule is O=C(NCc1ccc(Oc2cccc(Cl)c2)cc1)[C@H](O)[C@@H](O)C(=O)N1CCN(c2ccccc2)CC1. The number of aliphatic hydroxyl groups is 2. The summed E-state index contributed by atoms with van der Waals surface area (Å²) in [7, 11) is 0. The average molecular weight is 510 g/mol. The Bertz CT molecular complexity index is 1170. The number of hydrogen-bond acceptors (Lipinski definition) is 6. The Morgan fingerprint density at radius 1 is 0.861 bits per heavy atom. The van der Waals surface area contributed by atoms with Crippen LogP contribution in [0, 0.1) is 0 Å². The molecule has 8 nitrogen and oxygen atoms in total. The van der Waals surface area contributed by atoms with Gasteiger partial charge in [-0.1, -0.05) is 48.0 Å². The number of halogens is 1. The molecule has 0 spiro atoms. The first-order chi connectivity index (χ1) is 17.4.